The first kappa shape index (κ1) is 22.6. The number of carbonyl (C=O) groups excluding carboxylic acids is 2. The monoisotopic (exact) mass is 462 g/mol. The maximum atomic E-state index is 14.6. The average Bonchev–Trinajstić information content (AvgIpc) is 3.32. The van der Waals surface area contributed by atoms with Crippen molar-refractivity contribution >= 4 is 23.7 Å². The van der Waals surface area contributed by atoms with Gasteiger partial charge in [-0.2, -0.15) is 0 Å². The minimum absolute atomic E-state index is 0.0745. The van der Waals surface area contributed by atoms with Gasteiger partial charge < -0.3 is 26.1 Å². The minimum atomic E-state index is -0.822. The van der Waals surface area contributed by atoms with Gasteiger partial charge in [-0.15, -0.1) is 0 Å². The van der Waals surface area contributed by atoms with Crippen LogP contribution in [0.4, 0.5) is 25.0 Å². The molecule has 0 spiro atoms. The number of H-pyrrole nitrogens is 1. The second-order valence-corrected chi connectivity index (χ2v) is 7.12. The smallest absolute Gasteiger partial charge is 0.323 e. The van der Waals surface area contributed by atoms with Gasteiger partial charge in [-0.3, -0.25) is 9.78 Å². The highest BCUT2D eigenvalue weighted by atomic mass is 19.1. The van der Waals surface area contributed by atoms with E-state index in [0.29, 0.717) is 28.3 Å². The van der Waals surface area contributed by atoms with Crippen molar-refractivity contribution in [1.29, 1.82) is 0 Å². The van der Waals surface area contributed by atoms with Gasteiger partial charge >= 0.3 is 6.03 Å². The number of pyridine rings is 1. The van der Waals surface area contributed by atoms with Crippen LogP contribution in [0.25, 0.3) is 11.4 Å². The highest BCUT2D eigenvalue weighted by Gasteiger charge is 2.12. The lowest BCUT2D eigenvalue weighted by atomic mass is 10.2. The van der Waals surface area contributed by atoms with Gasteiger partial charge in [0.25, 0.3) is 0 Å². The van der Waals surface area contributed by atoms with Crippen LogP contribution in [0.15, 0.2) is 67.0 Å². The van der Waals surface area contributed by atoms with Gasteiger partial charge in [-0.05, 0) is 42.0 Å². The lowest BCUT2D eigenvalue weighted by Gasteiger charge is -2.12. The molecule has 171 valence electrons. The fourth-order valence-electron chi connectivity index (χ4n) is 3.09. The van der Waals surface area contributed by atoms with E-state index in [1.54, 1.807) is 24.5 Å². The van der Waals surface area contributed by atoms with Crippen LogP contribution in [-0.2, 0) is 11.3 Å². The van der Waals surface area contributed by atoms with E-state index >= 15 is 0 Å². The molecule has 0 saturated heterocycles. The van der Waals surface area contributed by atoms with E-state index < -0.39 is 17.7 Å². The Bertz CT molecular complexity index is 1360. The van der Waals surface area contributed by atoms with Gasteiger partial charge in [0.05, 0.1) is 22.8 Å². The number of amides is 2. The SMILES string of the molecule is NCc1ccc(F)c(NC(=O)Nc2ccc(Oc3ccnc(-c4cc([C]=O)c[nH]4)c3)cc2F)c1. The van der Waals surface area contributed by atoms with Crippen molar-refractivity contribution in [1.82, 2.24) is 9.97 Å². The molecule has 0 bridgehead atoms. The number of hydrogen-bond acceptors (Lipinski definition) is 5. The highest BCUT2D eigenvalue weighted by Crippen LogP contribution is 2.28. The predicted molar refractivity (Wildman–Crippen MR) is 122 cm³/mol. The Morgan fingerprint density at radius 1 is 1.00 bits per heavy atom. The van der Waals surface area contributed by atoms with Gasteiger partial charge in [0.2, 0.25) is 6.29 Å². The molecule has 2 aromatic carbocycles. The third-order valence-electron chi connectivity index (χ3n) is 4.75. The first-order chi connectivity index (χ1) is 16.4. The van der Waals surface area contributed by atoms with E-state index in [4.69, 9.17) is 10.5 Å². The number of nitrogens with zero attached hydrogens (tertiary/aromatic N) is 1. The maximum Gasteiger partial charge on any atom is 0.323 e. The molecule has 4 aromatic rings. The van der Waals surface area contributed by atoms with E-state index in [1.165, 1.54) is 42.7 Å². The molecule has 2 aromatic heterocycles. The first-order valence-electron chi connectivity index (χ1n) is 10.0. The third kappa shape index (κ3) is 5.25. The van der Waals surface area contributed by atoms with Crippen LogP contribution in [0, 0.1) is 11.6 Å². The zero-order valence-electron chi connectivity index (χ0n) is 17.6. The summed E-state index contributed by atoms with van der Waals surface area (Å²) in [5.74, 6) is -0.846. The van der Waals surface area contributed by atoms with E-state index in [-0.39, 0.29) is 23.7 Å². The van der Waals surface area contributed by atoms with Crippen molar-refractivity contribution < 1.29 is 23.1 Å². The van der Waals surface area contributed by atoms with Gasteiger partial charge in [0.1, 0.15) is 23.1 Å². The molecule has 0 saturated carbocycles. The van der Waals surface area contributed by atoms with E-state index in [2.05, 4.69) is 20.6 Å². The van der Waals surface area contributed by atoms with Crippen LogP contribution in [0.1, 0.15) is 11.1 Å². The number of benzene rings is 2. The number of urea groups is 1. The second kappa shape index (κ2) is 9.92. The summed E-state index contributed by atoms with van der Waals surface area (Å²) in [6.45, 7) is 0.176. The summed E-state index contributed by atoms with van der Waals surface area (Å²) in [5.41, 5.74) is 7.41. The number of aromatic amines is 1. The van der Waals surface area contributed by atoms with Crippen LogP contribution in [0.5, 0.6) is 11.5 Å². The fourth-order valence-corrected chi connectivity index (χ4v) is 3.09. The number of nitrogens with one attached hydrogen (secondary N) is 3. The molecule has 1 radical (unpaired) electrons. The van der Waals surface area contributed by atoms with Gasteiger partial charge in [-0.25, -0.2) is 13.6 Å². The Labute approximate surface area is 192 Å². The van der Waals surface area contributed by atoms with Crippen molar-refractivity contribution in [3.05, 3.63) is 89.8 Å². The molecule has 0 unspecified atom stereocenters. The molecule has 34 heavy (non-hydrogen) atoms. The van der Waals surface area contributed by atoms with E-state index in [1.807, 2.05) is 0 Å². The highest BCUT2D eigenvalue weighted by molar-refractivity contribution is 6.00. The Balaban J connectivity index is 1.44. The standard InChI is InChI=1S/C24H18F2N5O3/c25-18-3-1-14(11-27)7-21(18)31-24(33)30-20-4-2-16(9-19(20)26)34-17-5-6-28-23(10-17)22-8-15(13-32)12-29-22/h1-10,12,29H,11,27H2,(H2,30,31,33). The second-order valence-electron chi connectivity index (χ2n) is 7.12. The van der Waals surface area contributed by atoms with Crippen molar-refractivity contribution in [3.63, 3.8) is 0 Å². The number of halogens is 2. The quantitative estimate of drug-likeness (QED) is 0.317. The molecule has 0 aliphatic rings. The van der Waals surface area contributed by atoms with E-state index in [0.717, 1.165) is 6.07 Å². The van der Waals surface area contributed by atoms with Crippen LogP contribution in [-0.4, -0.2) is 22.3 Å². The van der Waals surface area contributed by atoms with Crippen molar-refractivity contribution in [2.24, 2.45) is 5.73 Å². The number of aromatic nitrogens is 2. The Morgan fingerprint density at radius 2 is 1.79 bits per heavy atom. The topological polar surface area (TPSA) is 122 Å². The van der Waals surface area contributed by atoms with Crippen LogP contribution >= 0.6 is 0 Å². The Kier molecular flexibility index (Phi) is 6.60. The number of carbonyl (C=O) groups is 1. The molecular formula is C24H18F2N5O3. The summed E-state index contributed by atoms with van der Waals surface area (Å²) >= 11 is 0. The minimum Gasteiger partial charge on any atom is -0.457 e. The third-order valence-corrected chi connectivity index (χ3v) is 4.75. The van der Waals surface area contributed by atoms with Gasteiger partial charge in [-0.1, -0.05) is 6.07 Å². The molecule has 0 atom stereocenters. The van der Waals surface area contributed by atoms with E-state index in [9.17, 15) is 18.4 Å². The van der Waals surface area contributed by atoms with Crippen molar-refractivity contribution in [2.45, 2.75) is 6.54 Å². The summed E-state index contributed by atoms with van der Waals surface area (Å²) in [4.78, 5) is 30.1. The maximum absolute atomic E-state index is 14.6. The number of anilines is 2. The van der Waals surface area contributed by atoms with Gasteiger partial charge in [0.15, 0.2) is 0 Å². The number of nitrogens with two attached hydrogens (primary N) is 1. The molecule has 0 fully saturated rings. The molecule has 8 nitrogen and oxygen atoms in total. The predicted octanol–water partition coefficient (Wildman–Crippen LogP) is 4.71. The molecule has 2 amide bonds. The van der Waals surface area contributed by atoms with Gasteiger partial charge in [0, 0.05) is 36.6 Å². The fraction of sp³-hybridized carbons (Fsp3) is 0.0417. The van der Waals surface area contributed by atoms with Crippen molar-refractivity contribution in [2.75, 3.05) is 10.6 Å². The largest absolute Gasteiger partial charge is 0.457 e. The van der Waals surface area contributed by atoms with Crippen LogP contribution in [0.3, 0.4) is 0 Å². The Morgan fingerprint density at radius 3 is 2.53 bits per heavy atom. The van der Waals surface area contributed by atoms with Crippen molar-refractivity contribution in [3.8, 4) is 22.9 Å². The summed E-state index contributed by atoms with van der Waals surface area (Å²) in [7, 11) is 0. The molecular weight excluding hydrogens is 444 g/mol. The summed E-state index contributed by atoms with van der Waals surface area (Å²) in [6.07, 6.45) is 4.78. The zero-order chi connectivity index (χ0) is 24.1. The molecule has 4 rings (SSSR count). The normalized spacial score (nSPS) is 10.6. The lowest BCUT2D eigenvalue weighted by molar-refractivity contribution is 0.262. The molecule has 0 aliphatic heterocycles. The lowest BCUT2D eigenvalue weighted by Crippen LogP contribution is -2.21. The summed E-state index contributed by atoms with van der Waals surface area (Å²) in [6, 6.07) is 11.9. The molecule has 0 aliphatic carbocycles. The summed E-state index contributed by atoms with van der Waals surface area (Å²) < 4.78 is 34.2. The first-order valence-corrected chi connectivity index (χ1v) is 10.0. The summed E-state index contributed by atoms with van der Waals surface area (Å²) in [5, 5.41) is 4.66. The molecule has 10 heteroatoms. The Hall–Kier alpha value is -4.57. The molecule has 2 heterocycles. The zero-order valence-corrected chi connectivity index (χ0v) is 17.6. The van der Waals surface area contributed by atoms with Crippen LogP contribution in [0.2, 0.25) is 0 Å². The number of hydrogen-bond donors (Lipinski definition) is 4. The molecule has 5 N–H and O–H groups in total. The average molecular weight is 462 g/mol. The number of rotatable bonds is 7. The van der Waals surface area contributed by atoms with Crippen LogP contribution < -0.4 is 21.1 Å². The number of ether oxygens (including phenoxy) is 1.